The van der Waals surface area contributed by atoms with Crippen LogP contribution >= 0.6 is 0 Å². The van der Waals surface area contributed by atoms with E-state index >= 15 is 0 Å². The van der Waals surface area contributed by atoms with Crippen LogP contribution in [0.2, 0.25) is 0 Å². The molecule has 0 bridgehead atoms. The molecule has 3 N–H and O–H groups in total. The molecule has 2 saturated heterocycles. The topological polar surface area (TPSA) is 78.7 Å². The van der Waals surface area contributed by atoms with E-state index in [9.17, 15) is 9.59 Å². The van der Waals surface area contributed by atoms with E-state index in [0.29, 0.717) is 6.04 Å². The third kappa shape index (κ3) is 6.11. The van der Waals surface area contributed by atoms with Crippen LogP contribution in [0.5, 0.6) is 0 Å². The van der Waals surface area contributed by atoms with Crippen molar-refractivity contribution in [2.75, 3.05) is 27.2 Å². The van der Waals surface area contributed by atoms with Gasteiger partial charge in [-0.2, -0.15) is 0 Å². The van der Waals surface area contributed by atoms with Crippen LogP contribution in [-0.2, 0) is 9.59 Å². The Morgan fingerprint density at radius 3 is 1.83 bits per heavy atom. The molecule has 0 saturated carbocycles. The summed E-state index contributed by atoms with van der Waals surface area (Å²) >= 11 is 0. The van der Waals surface area contributed by atoms with Gasteiger partial charge in [-0.15, -0.1) is 0 Å². The molecular formula is C17H34N4O2. The van der Waals surface area contributed by atoms with Crippen LogP contribution in [0.15, 0.2) is 0 Å². The maximum absolute atomic E-state index is 11.8. The number of primary amides is 1. The summed E-state index contributed by atoms with van der Waals surface area (Å²) in [6.45, 7) is 6.30. The van der Waals surface area contributed by atoms with E-state index in [2.05, 4.69) is 24.1 Å². The Balaban J connectivity index is 0.000000253. The number of nitrogens with two attached hydrogens (primary N) is 1. The summed E-state index contributed by atoms with van der Waals surface area (Å²) in [6.07, 6.45) is 6.26. The van der Waals surface area contributed by atoms with Crippen molar-refractivity contribution in [3.05, 3.63) is 0 Å². The molecule has 0 aliphatic carbocycles. The molecular weight excluding hydrogens is 292 g/mol. The zero-order chi connectivity index (χ0) is 17.4. The third-order valence-corrected chi connectivity index (χ3v) is 5.00. The molecule has 0 spiro atoms. The molecule has 2 aliphatic rings. The maximum Gasteiger partial charge on any atom is 0.237 e. The Kier molecular flexibility index (Phi) is 8.55. The lowest BCUT2D eigenvalue weighted by Gasteiger charge is -2.22. The monoisotopic (exact) mass is 326 g/mol. The van der Waals surface area contributed by atoms with Crippen LogP contribution in [-0.4, -0.2) is 66.9 Å². The standard InChI is InChI=1S/C11H22N2O.C6H12N2O/c1-4-9(5-2)12-11(14)10-7-6-8-13(10)3;1-8-4-2-3-5(8)6(7)9/h9-10H,4-8H2,1-3H3,(H,12,14);5H,2-4H2,1H3,(H2,7,9)/t10-;5-/m00/s1. The SMILES string of the molecule is CCC(CC)NC(=O)[C@@H]1CCCN1C.CN1CCC[C@H]1C(N)=O. The first-order valence-corrected chi connectivity index (χ1v) is 8.90. The van der Waals surface area contributed by atoms with Gasteiger partial charge in [-0.3, -0.25) is 19.4 Å². The Morgan fingerprint density at radius 1 is 1.04 bits per heavy atom. The fourth-order valence-electron chi connectivity index (χ4n) is 3.30. The average Bonchev–Trinajstić information content (AvgIpc) is 3.13. The summed E-state index contributed by atoms with van der Waals surface area (Å²) in [5, 5.41) is 3.11. The molecule has 0 aromatic carbocycles. The lowest BCUT2D eigenvalue weighted by atomic mass is 10.1. The first-order chi connectivity index (χ1) is 10.9. The highest BCUT2D eigenvalue weighted by molar-refractivity contribution is 5.82. The molecule has 0 radical (unpaired) electrons. The molecule has 2 rings (SSSR count). The van der Waals surface area contributed by atoms with Crippen molar-refractivity contribution in [1.29, 1.82) is 0 Å². The second-order valence-electron chi connectivity index (χ2n) is 6.70. The van der Waals surface area contributed by atoms with E-state index in [1.165, 1.54) is 0 Å². The normalized spacial score (nSPS) is 25.3. The summed E-state index contributed by atoms with van der Waals surface area (Å²) in [4.78, 5) is 26.6. The van der Waals surface area contributed by atoms with Crippen LogP contribution in [0.3, 0.4) is 0 Å². The van der Waals surface area contributed by atoms with Gasteiger partial charge in [-0.25, -0.2) is 0 Å². The van der Waals surface area contributed by atoms with Gasteiger partial charge in [0.25, 0.3) is 0 Å². The van der Waals surface area contributed by atoms with Gasteiger partial charge in [0.05, 0.1) is 12.1 Å². The van der Waals surface area contributed by atoms with E-state index < -0.39 is 0 Å². The highest BCUT2D eigenvalue weighted by Crippen LogP contribution is 2.15. The number of hydrogen-bond acceptors (Lipinski definition) is 4. The maximum atomic E-state index is 11.8. The molecule has 0 aromatic rings. The van der Waals surface area contributed by atoms with Crippen molar-refractivity contribution >= 4 is 11.8 Å². The minimum absolute atomic E-state index is 0.00463. The van der Waals surface area contributed by atoms with Gasteiger partial charge in [0, 0.05) is 6.04 Å². The molecule has 2 amide bonds. The van der Waals surface area contributed by atoms with Crippen LogP contribution in [0.4, 0.5) is 0 Å². The zero-order valence-corrected chi connectivity index (χ0v) is 15.2. The lowest BCUT2D eigenvalue weighted by molar-refractivity contribution is -0.126. The highest BCUT2D eigenvalue weighted by atomic mass is 16.2. The Labute approximate surface area is 140 Å². The number of amides is 2. The smallest absolute Gasteiger partial charge is 0.237 e. The molecule has 2 aliphatic heterocycles. The van der Waals surface area contributed by atoms with Gasteiger partial charge in [-0.05, 0) is 65.7 Å². The molecule has 134 valence electrons. The minimum atomic E-state index is -0.185. The van der Waals surface area contributed by atoms with E-state index in [4.69, 9.17) is 5.73 Å². The van der Waals surface area contributed by atoms with Crippen molar-refractivity contribution in [3.8, 4) is 0 Å². The number of likely N-dealkylation sites (tertiary alicyclic amines) is 2. The fourth-order valence-corrected chi connectivity index (χ4v) is 3.30. The molecule has 6 heteroatoms. The quantitative estimate of drug-likeness (QED) is 0.788. The minimum Gasteiger partial charge on any atom is -0.368 e. The van der Waals surface area contributed by atoms with Gasteiger partial charge in [-0.1, -0.05) is 13.8 Å². The van der Waals surface area contributed by atoms with Gasteiger partial charge >= 0.3 is 0 Å². The molecule has 23 heavy (non-hydrogen) atoms. The first kappa shape index (κ1) is 19.9. The van der Waals surface area contributed by atoms with Gasteiger partial charge < -0.3 is 11.1 Å². The molecule has 2 atom stereocenters. The van der Waals surface area contributed by atoms with Crippen molar-refractivity contribution in [1.82, 2.24) is 15.1 Å². The van der Waals surface area contributed by atoms with Crippen LogP contribution < -0.4 is 11.1 Å². The Bertz CT molecular complexity index is 385. The van der Waals surface area contributed by atoms with Crippen molar-refractivity contribution < 1.29 is 9.59 Å². The van der Waals surface area contributed by atoms with E-state index in [0.717, 1.165) is 51.6 Å². The lowest BCUT2D eigenvalue weighted by Crippen LogP contribution is -2.45. The van der Waals surface area contributed by atoms with Gasteiger partial charge in [0.1, 0.15) is 0 Å². The Morgan fingerprint density at radius 2 is 1.52 bits per heavy atom. The summed E-state index contributed by atoms with van der Waals surface area (Å²) in [6, 6.07) is 0.483. The summed E-state index contributed by atoms with van der Waals surface area (Å²) < 4.78 is 0. The fraction of sp³-hybridized carbons (Fsp3) is 0.882. The number of rotatable bonds is 5. The predicted molar refractivity (Wildman–Crippen MR) is 93.0 cm³/mol. The second kappa shape index (κ2) is 9.88. The van der Waals surface area contributed by atoms with Gasteiger partial charge in [0.2, 0.25) is 11.8 Å². The van der Waals surface area contributed by atoms with E-state index in [1.807, 2.05) is 19.0 Å². The number of nitrogens with zero attached hydrogens (tertiary/aromatic N) is 2. The predicted octanol–water partition coefficient (Wildman–Crippen LogP) is 0.951. The van der Waals surface area contributed by atoms with Crippen molar-refractivity contribution in [2.45, 2.75) is 70.5 Å². The number of hydrogen-bond donors (Lipinski definition) is 2. The summed E-state index contributed by atoms with van der Waals surface area (Å²) in [5.74, 6) is 0.0358. The van der Waals surface area contributed by atoms with Crippen molar-refractivity contribution in [2.24, 2.45) is 5.73 Å². The number of carbonyl (C=O) groups is 2. The first-order valence-electron chi connectivity index (χ1n) is 8.90. The number of carbonyl (C=O) groups excluding carboxylic acids is 2. The van der Waals surface area contributed by atoms with Crippen LogP contribution in [0, 0.1) is 0 Å². The molecule has 2 heterocycles. The van der Waals surface area contributed by atoms with Crippen molar-refractivity contribution in [3.63, 3.8) is 0 Å². The summed E-state index contributed by atoms with van der Waals surface area (Å²) in [5.41, 5.74) is 5.11. The van der Waals surface area contributed by atoms with E-state index in [-0.39, 0.29) is 23.9 Å². The average molecular weight is 326 g/mol. The van der Waals surface area contributed by atoms with E-state index in [1.54, 1.807) is 0 Å². The highest BCUT2D eigenvalue weighted by Gasteiger charge is 2.28. The third-order valence-electron chi connectivity index (χ3n) is 5.00. The number of likely N-dealkylation sites (N-methyl/N-ethyl adjacent to an activating group) is 2. The van der Waals surface area contributed by atoms with Crippen LogP contribution in [0.25, 0.3) is 0 Å². The zero-order valence-electron chi connectivity index (χ0n) is 15.2. The molecule has 0 aromatic heterocycles. The molecule has 2 fully saturated rings. The largest absolute Gasteiger partial charge is 0.368 e. The number of nitrogens with one attached hydrogen (secondary N) is 1. The molecule has 6 nitrogen and oxygen atoms in total. The second-order valence-corrected chi connectivity index (χ2v) is 6.70. The molecule has 0 unspecified atom stereocenters. The Hall–Kier alpha value is -1.14. The van der Waals surface area contributed by atoms with Crippen LogP contribution in [0.1, 0.15) is 52.4 Å². The summed E-state index contributed by atoms with van der Waals surface area (Å²) in [7, 11) is 3.96. The van der Waals surface area contributed by atoms with Gasteiger partial charge in [0.15, 0.2) is 0 Å².